The first-order valence-electron chi connectivity index (χ1n) is 12.1. The Morgan fingerprint density at radius 2 is 1.97 bits per heavy atom. The number of carbonyl (C=O) groups is 1. The van der Waals surface area contributed by atoms with E-state index in [1.165, 1.54) is 19.3 Å². The van der Waals surface area contributed by atoms with Crippen LogP contribution in [-0.4, -0.2) is 71.6 Å². The lowest BCUT2D eigenvalue weighted by Crippen LogP contribution is -2.42. The summed E-state index contributed by atoms with van der Waals surface area (Å²) in [5.41, 5.74) is 1.58. The lowest BCUT2D eigenvalue weighted by molar-refractivity contribution is 0.0844. The number of likely N-dealkylation sites (tertiary alicyclic amines) is 2. The summed E-state index contributed by atoms with van der Waals surface area (Å²) in [6, 6.07) is 9.22. The molecule has 6 nitrogen and oxygen atoms in total. The Hall–Kier alpha value is -2.05. The zero-order chi connectivity index (χ0) is 21.8. The normalized spacial score (nSPS) is 21.6. The molecule has 0 spiro atoms. The van der Waals surface area contributed by atoms with Crippen molar-refractivity contribution in [2.75, 3.05) is 32.7 Å². The van der Waals surface area contributed by atoms with E-state index in [0.717, 1.165) is 55.7 Å². The van der Waals surface area contributed by atoms with Crippen molar-refractivity contribution in [1.29, 1.82) is 0 Å². The third kappa shape index (κ3) is 5.60. The Morgan fingerprint density at radius 3 is 2.71 bits per heavy atom. The Bertz CT molecular complexity index is 870. The Labute approximate surface area is 186 Å². The molecular weight excluding hydrogens is 388 g/mol. The van der Waals surface area contributed by atoms with Gasteiger partial charge >= 0.3 is 0 Å². The maximum Gasteiger partial charge on any atom is 0.267 e. The van der Waals surface area contributed by atoms with Crippen molar-refractivity contribution in [3.63, 3.8) is 0 Å². The van der Waals surface area contributed by atoms with Gasteiger partial charge in [0.15, 0.2) is 0 Å². The van der Waals surface area contributed by atoms with Crippen molar-refractivity contribution < 1.29 is 9.53 Å². The van der Waals surface area contributed by atoms with Crippen LogP contribution in [0.1, 0.15) is 63.4 Å². The van der Waals surface area contributed by atoms with Gasteiger partial charge in [-0.05, 0) is 77.3 Å². The summed E-state index contributed by atoms with van der Waals surface area (Å²) in [5.74, 6) is 0.852. The lowest BCUT2D eigenvalue weighted by Gasteiger charge is -2.34. The van der Waals surface area contributed by atoms with Crippen molar-refractivity contribution in [3.8, 4) is 5.75 Å². The molecule has 1 amide bonds. The first-order chi connectivity index (χ1) is 15.0. The maximum absolute atomic E-state index is 12.6. The van der Waals surface area contributed by atoms with Crippen molar-refractivity contribution in [2.24, 2.45) is 0 Å². The van der Waals surface area contributed by atoms with E-state index in [1.54, 1.807) is 0 Å². The number of ether oxygens (including phenoxy) is 1. The SMILES string of the molecule is CC(C)N1CCC(Oc2ccc3[nH]c(C(=O)NCCN4CCCCC4C)cc3c2)CC1. The fraction of sp³-hybridized carbons (Fsp3) is 0.640. The molecule has 2 saturated heterocycles. The van der Waals surface area contributed by atoms with Gasteiger partial charge in [-0.3, -0.25) is 9.69 Å². The number of nitrogens with one attached hydrogen (secondary N) is 2. The van der Waals surface area contributed by atoms with Crippen LogP contribution in [0.15, 0.2) is 24.3 Å². The average molecular weight is 427 g/mol. The third-order valence-electron chi connectivity index (χ3n) is 6.97. The minimum atomic E-state index is -0.0376. The molecule has 2 aromatic rings. The standard InChI is InChI=1S/C25H38N4O2/c1-18(2)28-13-9-21(10-14-28)31-22-7-8-23-20(16-22)17-24(27-23)25(30)26-11-15-29-12-5-4-6-19(29)3/h7-8,16-19,21,27H,4-6,9-15H2,1-3H3,(H,26,30). The maximum atomic E-state index is 12.6. The molecule has 1 aromatic carbocycles. The Balaban J connectivity index is 1.30. The van der Waals surface area contributed by atoms with Crippen LogP contribution >= 0.6 is 0 Å². The largest absolute Gasteiger partial charge is 0.490 e. The molecule has 0 aliphatic carbocycles. The summed E-state index contributed by atoms with van der Waals surface area (Å²) in [6.07, 6.45) is 6.24. The van der Waals surface area contributed by atoms with Crippen LogP contribution in [0.3, 0.4) is 0 Å². The number of piperidine rings is 2. The number of H-pyrrole nitrogens is 1. The molecule has 2 N–H and O–H groups in total. The molecule has 2 fully saturated rings. The number of fused-ring (bicyclic) bond motifs is 1. The molecule has 1 atom stereocenters. The number of aromatic nitrogens is 1. The molecule has 1 aromatic heterocycles. The second kappa shape index (κ2) is 10.0. The van der Waals surface area contributed by atoms with Gasteiger partial charge in [-0.1, -0.05) is 6.42 Å². The highest BCUT2D eigenvalue weighted by molar-refractivity contribution is 5.98. The quantitative estimate of drug-likeness (QED) is 0.702. The Morgan fingerprint density at radius 1 is 1.16 bits per heavy atom. The van der Waals surface area contributed by atoms with Gasteiger partial charge in [0.2, 0.25) is 0 Å². The first-order valence-corrected chi connectivity index (χ1v) is 12.1. The molecular formula is C25H38N4O2. The minimum absolute atomic E-state index is 0.0376. The van der Waals surface area contributed by atoms with Crippen molar-refractivity contribution in [2.45, 2.75) is 71.1 Å². The molecule has 31 heavy (non-hydrogen) atoms. The van der Waals surface area contributed by atoms with Crippen LogP contribution in [0.25, 0.3) is 10.9 Å². The predicted molar refractivity (Wildman–Crippen MR) is 126 cm³/mol. The van der Waals surface area contributed by atoms with Gasteiger partial charge in [0.05, 0.1) is 0 Å². The van der Waals surface area contributed by atoms with Gasteiger partial charge in [0.1, 0.15) is 17.5 Å². The molecule has 0 radical (unpaired) electrons. The summed E-state index contributed by atoms with van der Waals surface area (Å²) < 4.78 is 6.26. The van der Waals surface area contributed by atoms with E-state index < -0.39 is 0 Å². The second-order valence-corrected chi connectivity index (χ2v) is 9.52. The van der Waals surface area contributed by atoms with E-state index in [9.17, 15) is 4.79 Å². The van der Waals surface area contributed by atoms with Crippen LogP contribution in [0.4, 0.5) is 0 Å². The summed E-state index contributed by atoms with van der Waals surface area (Å²) in [7, 11) is 0. The van der Waals surface area contributed by atoms with E-state index in [1.807, 2.05) is 24.3 Å². The first kappa shape index (κ1) is 22.2. The number of nitrogens with zero attached hydrogens (tertiary/aromatic N) is 2. The predicted octanol–water partition coefficient (Wildman–Crippen LogP) is 4.02. The van der Waals surface area contributed by atoms with Crippen LogP contribution in [0.2, 0.25) is 0 Å². The number of rotatable bonds is 7. The third-order valence-corrected chi connectivity index (χ3v) is 6.97. The summed E-state index contributed by atoms with van der Waals surface area (Å²) in [5, 5.41) is 4.09. The van der Waals surface area contributed by atoms with E-state index in [-0.39, 0.29) is 12.0 Å². The van der Waals surface area contributed by atoms with E-state index in [0.29, 0.717) is 24.3 Å². The van der Waals surface area contributed by atoms with Crippen molar-refractivity contribution in [1.82, 2.24) is 20.1 Å². The zero-order valence-corrected chi connectivity index (χ0v) is 19.3. The average Bonchev–Trinajstić information content (AvgIpc) is 3.19. The van der Waals surface area contributed by atoms with E-state index in [4.69, 9.17) is 4.74 Å². The zero-order valence-electron chi connectivity index (χ0n) is 19.3. The van der Waals surface area contributed by atoms with Gasteiger partial charge in [0.25, 0.3) is 5.91 Å². The van der Waals surface area contributed by atoms with Crippen LogP contribution < -0.4 is 10.1 Å². The topological polar surface area (TPSA) is 60.6 Å². The molecule has 1 unspecified atom stereocenters. The highest BCUT2D eigenvalue weighted by atomic mass is 16.5. The van der Waals surface area contributed by atoms with Gasteiger partial charge in [-0.2, -0.15) is 0 Å². The number of hydrogen-bond acceptors (Lipinski definition) is 4. The van der Waals surface area contributed by atoms with Gasteiger partial charge < -0.3 is 19.9 Å². The minimum Gasteiger partial charge on any atom is -0.490 e. The number of amides is 1. The van der Waals surface area contributed by atoms with Crippen molar-refractivity contribution >= 4 is 16.8 Å². The smallest absolute Gasteiger partial charge is 0.267 e. The summed E-state index contributed by atoms with van der Waals surface area (Å²) in [6.45, 7) is 11.7. The van der Waals surface area contributed by atoms with E-state index in [2.05, 4.69) is 40.9 Å². The Kier molecular flexibility index (Phi) is 7.18. The van der Waals surface area contributed by atoms with Crippen LogP contribution in [-0.2, 0) is 0 Å². The summed E-state index contributed by atoms with van der Waals surface area (Å²) in [4.78, 5) is 20.9. The molecule has 6 heteroatoms. The molecule has 3 heterocycles. The molecule has 2 aliphatic rings. The van der Waals surface area contributed by atoms with Gasteiger partial charge in [-0.15, -0.1) is 0 Å². The van der Waals surface area contributed by atoms with Crippen molar-refractivity contribution in [3.05, 3.63) is 30.0 Å². The highest BCUT2D eigenvalue weighted by Gasteiger charge is 2.22. The molecule has 0 bridgehead atoms. The van der Waals surface area contributed by atoms with E-state index >= 15 is 0 Å². The fourth-order valence-electron chi connectivity index (χ4n) is 4.91. The van der Waals surface area contributed by atoms with Crippen LogP contribution in [0, 0.1) is 0 Å². The second-order valence-electron chi connectivity index (χ2n) is 9.52. The molecule has 170 valence electrons. The van der Waals surface area contributed by atoms with Gasteiger partial charge in [0, 0.05) is 49.2 Å². The fourth-order valence-corrected chi connectivity index (χ4v) is 4.91. The van der Waals surface area contributed by atoms with Gasteiger partial charge in [-0.25, -0.2) is 0 Å². The number of aromatic amines is 1. The number of benzene rings is 1. The molecule has 4 rings (SSSR count). The molecule has 0 saturated carbocycles. The number of hydrogen-bond donors (Lipinski definition) is 2. The summed E-state index contributed by atoms with van der Waals surface area (Å²) >= 11 is 0. The van der Waals surface area contributed by atoms with Crippen LogP contribution in [0.5, 0.6) is 5.75 Å². The lowest BCUT2D eigenvalue weighted by atomic mass is 10.0. The monoisotopic (exact) mass is 426 g/mol. The molecule has 2 aliphatic heterocycles. The number of carbonyl (C=O) groups excluding carboxylic acids is 1. The highest BCUT2D eigenvalue weighted by Crippen LogP contribution is 2.25.